The normalized spacial score (nSPS) is 11.8. The molecule has 3 heterocycles. The van der Waals surface area contributed by atoms with Crippen molar-refractivity contribution in [3.63, 3.8) is 0 Å². The number of aromatic nitrogens is 2. The number of benzene rings is 7. The molecule has 0 unspecified atom stereocenters. The molecule has 0 N–H and O–H groups in total. The Morgan fingerprint density at radius 3 is 1.88 bits per heavy atom. The van der Waals surface area contributed by atoms with Crippen molar-refractivity contribution in [3.8, 4) is 44.9 Å². The molecule has 10 aromatic rings. The zero-order valence-corrected chi connectivity index (χ0v) is 25.7. The average molecular weight is 615 g/mol. The Balaban J connectivity index is 1.23. The zero-order valence-electron chi connectivity index (χ0n) is 25.7. The minimum absolute atomic E-state index is 0.612. The first kappa shape index (κ1) is 26.7. The van der Waals surface area contributed by atoms with Crippen LogP contribution in [0.3, 0.4) is 0 Å². The quantitative estimate of drug-likeness (QED) is 0.198. The van der Waals surface area contributed by atoms with E-state index in [0.29, 0.717) is 11.4 Å². The van der Waals surface area contributed by atoms with Gasteiger partial charge in [-0.1, -0.05) is 121 Å². The van der Waals surface area contributed by atoms with Crippen LogP contribution in [0.2, 0.25) is 0 Å². The van der Waals surface area contributed by atoms with Crippen LogP contribution in [0.25, 0.3) is 99.7 Å². The molecule has 0 bridgehead atoms. The number of hydrogen-bond donors (Lipinski definition) is 0. The monoisotopic (exact) mass is 614 g/mol. The van der Waals surface area contributed by atoms with Crippen LogP contribution in [0.15, 0.2) is 167 Å². The molecular formula is C44H26N2O2. The number of furan rings is 2. The molecule has 0 saturated heterocycles. The van der Waals surface area contributed by atoms with Gasteiger partial charge in [0.05, 0.1) is 0 Å². The minimum atomic E-state index is 0.612. The summed E-state index contributed by atoms with van der Waals surface area (Å²) in [5.41, 5.74) is 11.0. The van der Waals surface area contributed by atoms with Gasteiger partial charge in [0, 0.05) is 27.3 Å². The summed E-state index contributed by atoms with van der Waals surface area (Å²) in [6.45, 7) is 0. The van der Waals surface area contributed by atoms with Gasteiger partial charge in [0.1, 0.15) is 28.0 Å². The number of fused-ring (bicyclic) bond motifs is 7. The summed E-state index contributed by atoms with van der Waals surface area (Å²) in [5, 5.41) is 5.51. The standard InChI is InChI=1S/C44H26N2O2/c1-2-10-27(11-3-1)29-18-21-30(22-19-29)41-43-42(35-15-7-9-17-38(35)48-43)46-44(45-41)33-25-36(32-23-20-28-12-4-5-13-31(28)24-32)40-34-14-6-8-16-37(34)47-39(40)26-33/h1-26H. The first-order chi connectivity index (χ1) is 23.8. The second kappa shape index (κ2) is 10.5. The molecule has 224 valence electrons. The van der Waals surface area contributed by atoms with E-state index in [4.69, 9.17) is 18.8 Å². The third kappa shape index (κ3) is 4.24. The molecule has 0 aliphatic rings. The Labute approximate surface area is 275 Å². The maximum Gasteiger partial charge on any atom is 0.180 e. The van der Waals surface area contributed by atoms with E-state index >= 15 is 0 Å². The number of nitrogens with zero attached hydrogens (tertiary/aromatic N) is 2. The molecule has 0 spiro atoms. The first-order valence-corrected chi connectivity index (χ1v) is 16.1. The molecule has 0 saturated carbocycles. The van der Waals surface area contributed by atoms with Gasteiger partial charge in [-0.3, -0.25) is 0 Å². The summed E-state index contributed by atoms with van der Waals surface area (Å²) in [4.78, 5) is 10.4. The third-order valence-corrected chi connectivity index (χ3v) is 9.28. The van der Waals surface area contributed by atoms with Crippen molar-refractivity contribution in [3.05, 3.63) is 158 Å². The van der Waals surface area contributed by atoms with Crippen LogP contribution in [-0.2, 0) is 0 Å². The molecular weight excluding hydrogens is 588 g/mol. The zero-order chi connectivity index (χ0) is 31.6. The van der Waals surface area contributed by atoms with Crippen LogP contribution in [-0.4, -0.2) is 9.97 Å². The van der Waals surface area contributed by atoms with E-state index in [1.165, 1.54) is 16.3 Å². The Bertz CT molecular complexity index is 2830. The van der Waals surface area contributed by atoms with Gasteiger partial charge in [-0.25, -0.2) is 9.97 Å². The summed E-state index contributed by atoms with van der Waals surface area (Å²) in [7, 11) is 0. The highest BCUT2D eigenvalue weighted by Gasteiger charge is 2.21. The molecule has 4 nitrogen and oxygen atoms in total. The fourth-order valence-corrected chi connectivity index (χ4v) is 6.93. The summed E-state index contributed by atoms with van der Waals surface area (Å²) in [6, 6.07) is 54.5. The highest BCUT2D eigenvalue weighted by molar-refractivity contribution is 6.14. The summed E-state index contributed by atoms with van der Waals surface area (Å²) >= 11 is 0. The molecule has 0 amide bonds. The lowest BCUT2D eigenvalue weighted by atomic mass is 9.95. The van der Waals surface area contributed by atoms with Gasteiger partial charge in [0.2, 0.25) is 0 Å². The second-order valence-electron chi connectivity index (χ2n) is 12.2. The van der Waals surface area contributed by atoms with E-state index in [1.807, 2.05) is 36.4 Å². The number of rotatable bonds is 4. The van der Waals surface area contributed by atoms with Gasteiger partial charge in [0.15, 0.2) is 11.4 Å². The van der Waals surface area contributed by atoms with Crippen LogP contribution < -0.4 is 0 Å². The van der Waals surface area contributed by atoms with E-state index in [-0.39, 0.29) is 0 Å². The molecule has 0 aliphatic carbocycles. The van der Waals surface area contributed by atoms with E-state index in [9.17, 15) is 0 Å². The molecule has 0 fully saturated rings. The molecule has 10 rings (SSSR count). The minimum Gasteiger partial charge on any atom is -0.456 e. The van der Waals surface area contributed by atoms with Crippen LogP contribution in [0.1, 0.15) is 0 Å². The van der Waals surface area contributed by atoms with Gasteiger partial charge < -0.3 is 8.83 Å². The van der Waals surface area contributed by atoms with Crippen LogP contribution in [0.4, 0.5) is 0 Å². The highest BCUT2D eigenvalue weighted by Crippen LogP contribution is 2.42. The summed E-state index contributed by atoms with van der Waals surface area (Å²) in [6.07, 6.45) is 0. The predicted molar refractivity (Wildman–Crippen MR) is 196 cm³/mol. The van der Waals surface area contributed by atoms with E-state index in [1.54, 1.807) is 0 Å². The van der Waals surface area contributed by atoms with Gasteiger partial charge >= 0.3 is 0 Å². The Kier molecular flexibility index (Phi) is 5.84. The fourth-order valence-electron chi connectivity index (χ4n) is 6.93. The lowest BCUT2D eigenvalue weighted by molar-refractivity contribution is 0.667. The smallest absolute Gasteiger partial charge is 0.180 e. The first-order valence-electron chi connectivity index (χ1n) is 16.1. The summed E-state index contributed by atoms with van der Waals surface area (Å²) in [5.74, 6) is 0.612. The fraction of sp³-hybridized carbons (Fsp3) is 0. The van der Waals surface area contributed by atoms with Crippen LogP contribution in [0.5, 0.6) is 0 Å². The Hall–Kier alpha value is -6.52. The average Bonchev–Trinajstić information content (AvgIpc) is 3.73. The SMILES string of the molecule is c1ccc(-c2ccc(-c3nc(-c4cc(-c5ccc6ccccc6c5)c5c(c4)oc4ccccc45)nc4c3oc3ccccc34)cc2)cc1. The Morgan fingerprint density at radius 1 is 0.396 bits per heavy atom. The van der Waals surface area contributed by atoms with Crippen molar-refractivity contribution < 1.29 is 8.83 Å². The van der Waals surface area contributed by atoms with Gasteiger partial charge in [-0.15, -0.1) is 0 Å². The predicted octanol–water partition coefficient (Wildman–Crippen LogP) is 12.1. The lowest BCUT2D eigenvalue weighted by Crippen LogP contribution is -1.95. The molecule has 4 heteroatoms. The van der Waals surface area contributed by atoms with Gasteiger partial charge in [0.25, 0.3) is 0 Å². The van der Waals surface area contributed by atoms with Crippen molar-refractivity contribution in [1.29, 1.82) is 0 Å². The largest absolute Gasteiger partial charge is 0.456 e. The van der Waals surface area contributed by atoms with E-state index in [0.717, 1.165) is 71.9 Å². The number of hydrogen-bond acceptors (Lipinski definition) is 4. The maximum absolute atomic E-state index is 6.50. The second-order valence-corrected chi connectivity index (χ2v) is 12.2. The maximum atomic E-state index is 6.50. The molecule has 48 heavy (non-hydrogen) atoms. The van der Waals surface area contributed by atoms with E-state index in [2.05, 4.69) is 121 Å². The molecule has 3 aromatic heterocycles. The van der Waals surface area contributed by atoms with Crippen molar-refractivity contribution in [2.24, 2.45) is 0 Å². The van der Waals surface area contributed by atoms with E-state index < -0.39 is 0 Å². The number of para-hydroxylation sites is 2. The highest BCUT2D eigenvalue weighted by atomic mass is 16.3. The third-order valence-electron chi connectivity index (χ3n) is 9.28. The van der Waals surface area contributed by atoms with Crippen LogP contribution in [0, 0.1) is 0 Å². The molecule has 0 aliphatic heterocycles. The van der Waals surface area contributed by atoms with Crippen LogP contribution >= 0.6 is 0 Å². The molecule has 0 radical (unpaired) electrons. The Morgan fingerprint density at radius 2 is 1.04 bits per heavy atom. The lowest BCUT2D eigenvalue weighted by Gasteiger charge is -2.11. The van der Waals surface area contributed by atoms with Gasteiger partial charge in [-0.2, -0.15) is 0 Å². The van der Waals surface area contributed by atoms with Crippen molar-refractivity contribution >= 4 is 54.8 Å². The van der Waals surface area contributed by atoms with Gasteiger partial charge in [-0.05, 0) is 69.4 Å². The van der Waals surface area contributed by atoms with Crippen molar-refractivity contribution in [2.75, 3.05) is 0 Å². The van der Waals surface area contributed by atoms with Crippen molar-refractivity contribution in [1.82, 2.24) is 9.97 Å². The van der Waals surface area contributed by atoms with Crippen molar-refractivity contribution in [2.45, 2.75) is 0 Å². The topological polar surface area (TPSA) is 52.1 Å². The molecule has 7 aromatic carbocycles. The molecule has 0 atom stereocenters. The summed E-state index contributed by atoms with van der Waals surface area (Å²) < 4.78 is 12.9.